The summed E-state index contributed by atoms with van der Waals surface area (Å²) in [6.45, 7) is 2.34. The summed E-state index contributed by atoms with van der Waals surface area (Å²) >= 11 is 5.91. The van der Waals surface area contributed by atoms with E-state index in [1.54, 1.807) is 4.90 Å². The Hall–Kier alpha value is -1.58. The first-order valence-corrected chi connectivity index (χ1v) is 10.6. The number of alkyl halides is 3. The zero-order valence-corrected chi connectivity index (χ0v) is 16.2. The zero-order valence-electron chi connectivity index (χ0n) is 14.7. The molecule has 1 aromatic carbocycles. The number of carbonyl (C=O) groups is 1. The SMILES string of the molecule is CS(=O)(=O)CCN1CCN(C(=O)/C=C/c2cc(C(F)(F)F)ccc2Cl)CC1. The Bertz CT molecular complexity index is 817. The summed E-state index contributed by atoms with van der Waals surface area (Å²) in [5.74, 6) is -0.263. The van der Waals surface area contributed by atoms with Gasteiger partial charge in [0.05, 0.1) is 11.3 Å². The molecule has 10 heteroatoms. The molecule has 0 aromatic heterocycles. The van der Waals surface area contributed by atoms with Crippen LogP contribution in [0.15, 0.2) is 24.3 Å². The van der Waals surface area contributed by atoms with Crippen molar-refractivity contribution in [3.8, 4) is 0 Å². The first kappa shape index (κ1) is 21.7. The van der Waals surface area contributed by atoms with Crippen LogP contribution in [0.4, 0.5) is 13.2 Å². The minimum Gasteiger partial charge on any atom is -0.337 e. The molecule has 0 aliphatic carbocycles. The molecule has 1 aliphatic heterocycles. The summed E-state index contributed by atoms with van der Waals surface area (Å²) in [6.07, 6.45) is -0.834. The van der Waals surface area contributed by atoms with Gasteiger partial charge in [0.1, 0.15) is 9.84 Å². The Morgan fingerprint density at radius 2 is 1.85 bits per heavy atom. The van der Waals surface area contributed by atoms with Gasteiger partial charge in [-0.05, 0) is 29.8 Å². The summed E-state index contributed by atoms with van der Waals surface area (Å²) < 4.78 is 60.7. The predicted octanol–water partition coefficient (Wildman–Crippen LogP) is 2.56. The van der Waals surface area contributed by atoms with Crippen LogP contribution in [0.3, 0.4) is 0 Å². The molecule has 1 aromatic rings. The number of nitrogens with zero attached hydrogens (tertiary/aromatic N) is 2. The van der Waals surface area contributed by atoms with Crippen molar-refractivity contribution in [1.29, 1.82) is 0 Å². The van der Waals surface area contributed by atoms with Crippen LogP contribution in [0, 0.1) is 0 Å². The number of hydrogen-bond donors (Lipinski definition) is 0. The molecule has 1 amide bonds. The molecule has 0 bridgehead atoms. The third kappa shape index (κ3) is 6.82. The second kappa shape index (κ2) is 8.62. The van der Waals surface area contributed by atoms with Gasteiger partial charge in [0.15, 0.2) is 0 Å². The van der Waals surface area contributed by atoms with E-state index < -0.39 is 21.6 Å². The number of rotatable bonds is 5. The highest BCUT2D eigenvalue weighted by atomic mass is 35.5. The summed E-state index contributed by atoms with van der Waals surface area (Å²) in [5.41, 5.74) is -0.717. The molecule has 0 N–H and O–H groups in total. The third-order valence-corrected chi connectivity index (χ3v) is 5.46. The van der Waals surface area contributed by atoms with Crippen LogP contribution < -0.4 is 0 Å². The molecule has 1 fully saturated rings. The molecule has 0 atom stereocenters. The van der Waals surface area contributed by atoms with E-state index in [1.165, 1.54) is 18.4 Å². The van der Waals surface area contributed by atoms with E-state index in [-0.39, 0.29) is 22.2 Å². The highest BCUT2D eigenvalue weighted by molar-refractivity contribution is 7.90. The number of piperazine rings is 1. The number of carbonyl (C=O) groups excluding carboxylic acids is 1. The quantitative estimate of drug-likeness (QED) is 0.682. The molecule has 5 nitrogen and oxygen atoms in total. The summed E-state index contributed by atoms with van der Waals surface area (Å²) in [5, 5.41) is 0.123. The Balaban J connectivity index is 1.95. The lowest BCUT2D eigenvalue weighted by atomic mass is 10.1. The van der Waals surface area contributed by atoms with Crippen LogP contribution in [-0.4, -0.2) is 68.9 Å². The van der Waals surface area contributed by atoms with E-state index in [0.717, 1.165) is 18.2 Å². The number of halogens is 4. The second-order valence-corrected chi connectivity index (χ2v) is 9.03. The standard InChI is InChI=1S/C17H20ClF3N2O3S/c1-27(25,26)11-10-22-6-8-23(9-7-22)16(24)5-2-13-12-14(17(19,20)21)3-4-15(13)18/h2-5,12H,6-11H2,1H3/b5-2+. The highest BCUT2D eigenvalue weighted by Crippen LogP contribution is 2.32. The van der Waals surface area contributed by atoms with E-state index in [4.69, 9.17) is 11.6 Å². The minimum atomic E-state index is -4.49. The van der Waals surface area contributed by atoms with Crippen molar-refractivity contribution in [3.63, 3.8) is 0 Å². The van der Waals surface area contributed by atoms with E-state index >= 15 is 0 Å². The van der Waals surface area contributed by atoms with Gasteiger partial charge >= 0.3 is 6.18 Å². The highest BCUT2D eigenvalue weighted by Gasteiger charge is 2.30. The smallest absolute Gasteiger partial charge is 0.337 e. The van der Waals surface area contributed by atoms with E-state index in [2.05, 4.69) is 0 Å². The van der Waals surface area contributed by atoms with Crippen molar-refractivity contribution in [2.75, 3.05) is 44.7 Å². The van der Waals surface area contributed by atoms with Crippen LogP contribution in [-0.2, 0) is 20.8 Å². The van der Waals surface area contributed by atoms with Crippen LogP contribution in [0.25, 0.3) is 6.08 Å². The normalized spacial score (nSPS) is 16.9. The Morgan fingerprint density at radius 3 is 2.41 bits per heavy atom. The van der Waals surface area contributed by atoms with Crippen LogP contribution in [0.2, 0.25) is 5.02 Å². The van der Waals surface area contributed by atoms with Crippen LogP contribution >= 0.6 is 11.6 Å². The monoisotopic (exact) mass is 424 g/mol. The topological polar surface area (TPSA) is 57.7 Å². The average Bonchev–Trinajstić information content (AvgIpc) is 2.57. The van der Waals surface area contributed by atoms with Crippen molar-refractivity contribution in [2.45, 2.75) is 6.18 Å². The second-order valence-electron chi connectivity index (χ2n) is 6.36. The van der Waals surface area contributed by atoms with Gasteiger partial charge < -0.3 is 4.90 Å². The first-order chi connectivity index (χ1) is 12.5. The maximum Gasteiger partial charge on any atom is 0.416 e. The van der Waals surface area contributed by atoms with Crippen LogP contribution in [0.1, 0.15) is 11.1 Å². The lowest BCUT2D eigenvalue weighted by Crippen LogP contribution is -2.49. The largest absolute Gasteiger partial charge is 0.416 e. The molecular formula is C17H20ClF3N2O3S. The van der Waals surface area contributed by atoms with Gasteiger partial charge in [0, 0.05) is 50.1 Å². The molecule has 0 unspecified atom stereocenters. The van der Waals surface area contributed by atoms with Gasteiger partial charge in [0.2, 0.25) is 5.91 Å². The van der Waals surface area contributed by atoms with Gasteiger partial charge in [0.25, 0.3) is 0 Å². The van der Waals surface area contributed by atoms with Crippen molar-refractivity contribution in [1.82, 2.24) is 9.80 Å². The maximum atomic E-state index is 12.8. The van der Waals surface area contributed by atoms with Gasteiger partial charge in [-0.3, -0.25) is 9.69 Å². The van der Waals surface area contributed by atoms with E-state index in [1.807, 2.05) is 4.90 Å². The van der Waals surface area contributed by atoms with E-state index in [0.29, 0.717) is 32.7 Å². The summed E-state index contributed by atoms with van der Waals surface area (Å²) in [6, 6.07) is 2.93. The van der Waals surface area contributed by atoms with E-state index in [9.17, 15) is 26.4 Å². The molecule has 2 rings (SSSR count). The Morgan fingerprint density at radius 1 is 1.22 bits per heavy atom. The summed E-state index contributed by atoms with van der Waals surface area (Å²) in [7, 11) is -3.04. The van der Waals surface area contributed by atoms with Crippen molar-refractivity contribution in [3.05, 3.63) is 40.4 Å². The Kier molecular flexibility index (Phi) is 6.93. The molecule has 27 heavy (non-hydrogen) atoms. The fourth-order valence-electron chi connectivity index (χ4n) is 2.60. The molecular weight excluding hydrogens is 405 g/mol. The molecule has 1 saturated heterocycles. The summed E-state index contributed by atoms with van der Waals surface area (Å²) in [4.78, 5) is 15.8. The van der Waals surface area contributed by atoms with Crippen molar-refractivity contribution >= 4 is 33.4 Å². The molecule has 0 spiro atoms. The zero-order chi connectivity index (χ0) is 20.2. The predicted molar refractivity (Wildman–Crippen MR) is 98.2 cm³/mol. The van der Waals surface area contributed by atoms with Crippen molar-refractivity contribution in [2.24, 2.45) is 0 Å². The molecule has 0 radical (unpaired) electrons. The maximum absolute atomic E-state index is 12.8. The number of hydrogen-bond acceptors (Lipinski definition) is 4. The Labute approximate surface area is 161 Å². The number of benzene rings is 1. The third-order valence-electron chi connectivity index (χ3n) is 4.19. The number of amides is 1. The molecule has 1 aliphatic rings. The average molecular weight is 425 g/mol. The molecule has 0 saturated carbocycles. The molecule has 1 heterocycles. The lowest BCUT2D eigenvalue weighted by Gasteiger charge is -2.34. The molecule has 150 valence electrons. The van der Waals surface area contributed by atoms with Gasteiger partial charge in [-0.1, -0.05) is 11.6 Å². The minimum absolute atomic E-state index is 0.0644. The first-order valence-electron chi connectivity index (χ1n) is 8.19. The van der Waals surface area contributed by atoms with Crippen LogP contribution in [0.5, 0.6) is 0 Å². The number of sulfone groups is 1. The lowest BCUT2D eigenvalue weighted by molar-refractivity contribution is -0.137. The fourth-order valence-corrected chi connectivity index (χ4v) is 3.37. The van der Waals surface area contributed by atoms with Gasteiger partial charge in [-0.25, -0.2) is 8.42 Å². The van der Waals surface area contributed by atoms with Gasteiger partial charge in [-0.15, -0.1) is 0 Å². The van der Waals surface area contributed by atoms with Gasteiger partial charge in [-0.2, -0.15) is 13.2 Å². The fraction of sp³-hybridized carbons (Fsp3) is 0.471. The van der Waals surface area contributed by atoms with Crippen molar-refractivity contribution < 1.29 is 26.4 Å².